The van der Waals surface area contributed by atoms with E-state index in [4.69, 9.17) is 11.3 Å². The third-order valence-electron chi connectivity index (χ3n) is 0.493. The summed E-state index contributed by atoms with van der Waals surface area (Å²) in [5, 5.41) is 0. The molecule has 0 unspecified atom stereocenters. The van der Waals surface area contributed by atoms with Crippen LogP contribution in [0.5, 0.6) is 0 Å². The second-order valence-corrected chi connectivity index (χ2v) is 1.69. The van der Waals surface area contributed by atoms with Gasteiger partial charge in [0.05, 0.1) is 12.6 Å². The van der Waals surface area contributed by atoms with E-state index in [1.807, 2.05) is 13.8 Å². The van der Waals surface area contributed by atoms with Crippen molar-refractivity contribution in [1.82, 2.24) is 5.48 Å². The lowest BCUT2D eigenvalue weighted by molar-refractivity contribution is 0.00247. The van der Waals surface area contributed by atoms with Crippen LogP contribution in [0.15, 0.2) is 0 Å². The van der Waals surface area contributed by atoms with E-state index in [1.165, 1.54) is 0 Å². The molecular weight excluding hydrogens is 102 g/mol. The molecule has 0 aromatic heterocycles. The van der Waals surface area contributed by atoms with Gasteiger partial charge < -0.3 is 0 Å². The topological polar surface area (TPSA) is 21.3 Å². The van der Waals surface area contributed by atoms with Crippen molar-refractivity contribution >= 4 is 0 Å². The van der Waals surface area contributed by atoms with Crippen molar-refractivity contribution in [3.8, 4) is 12.3 Å². The molecule has 0 aromatic carbocycles. The molecular formula is C6H11NO. The molecule has 0 fully saturated rings. The van der Waals surface area contributed by atoms with E-state index in [1.54, 1.807) is 0 Å². The van der Waals surface area contributed by atoms with Crippen LogP contribution in [-0.4, -0.2) is 12.6 Å². The molecule has 2 heteroatoms. The second-order valence-electron chi connectivity index (χ2n) is 1.69. The number of hydrogen-bond donors (Lipinski definition) is 1. The predicted octanol–water partition coefficient (Wildman–Crippen LogP) is 0.549. The molecule has 0 heterocycles. The Morgan fingerprint density at radius 1 is 1.75 bits per heavy atom. The van der Waals surface area contributed by atoms with Crippen molar-refractivity contribution in [2.24, 2.45) is 0 Å². The van der Waals surface area contributed by atoms with Crippen LogP contribution in [0.25, 0.3) is 0 Å². The molecule has 0 bridgehead atoms. The Hall–Kier alpha value is -0.520. The lowest BCUT2D eigenvalue weighted by Crippen LogP contribution is -2.19. The van der Waals surface area contributed by atoms with Crippen LogP contribution in [0.2, 0.25) is 0 Å². The van der Waals surface area contributed by atoms with Gasteiger partial charge in [0.1, 0.15) is 0 Å². The van der Waals surface area contributed by atoms with Gasteiger partial charge in [0, 0.05) is 0 Å². The van der Waals surface area contributed by atoms with Crippen LogP contribution in [-0.2, 0) is 4.84 Å². The second kappa shape index (κ2) is 4.63. The molecule has 0 aliphatic carbocycles. The first-order valence-corrected chi connectivity index (χ1v) is 2.59. The molecule has 0 rings (SSSR count). The molecule has 0 saturated carbocycles. The third kappa shape index (κ3) is 5.48. The standard InChI is InChI=1S/C6H11NO/c1-4-5-7-8-6(2)3/h1,6-7H,5H2,2-3H3. The maximum atomic E-state index is 4.92. The molecule has 0 aliphatic heterocycles. The largest absolute Gasteiger partial charge is 0.298 e. The van der Waals surface area contributed by atoms with Crippen LogP contribution < -0.4 is 5.48 Å². The Labute approximate surface area is 50.2 Å². The lowest BCUT2D eigenvalue weighted by atomic mass is 10.5. The van der Waals surface area contributed by atoms with Crippen LogP contribution in [0.4, 0.5) is 0 Å². The molecule has 0 atom stereocenters. The zero-order valence-electron chi connectivity index (χ0n) is 5.27. The minimum absolute atomic E-state index is 0.198. The molecule has 0 amide bonds. The maximum absolute atomic E-state index is 4.92. The smallest absolute Gasteiger partial charge is 0.0818 e. The summed E-state index contributed by atoms with van der Waals surface area (Å²) in [4.78, 5) is 4.89. The fraction of sp³-hybridized carbons (Fsp3) is 0.667. The molecule has 0 radical (unpaired) electrons. The third-order valence-corrected chi connectivity index (χ3v) is 0.493. The summed E-state index contributed by atoms with van der Waals surface area (Å²) in [7, 11) is 0. The minimum atomic E-state index is 0.198. The van der Waals surface area contributed by atoms with Crippen LogP contribution in [0, 0.1) is 12.3 Å². The summed E-state index contributed by atoms with van der Waals surface area (Å²) in [5.41, 5.74) is 2.60. The highest BCUT2D eigenvalue weighted by Gasteiger charge is 1.87. The molecule has 8 heavy (non-hydrogen) atoms. The van der Waals surface area contributed by atoms with Gasteiger partial charge in [-0.15, -0.1) is 6.42 Å². The van der Waals surface area contributed by atoms with E-state index in [0.717, 1.165) is 0 Å². The quantitative estimate of drug-likeness (QED) is 0.328. The molecule has 0 saturated heterocycles. The van der Waals surface area contributed by atoms with Crippen LogP contribution in [0.1, 0.15) is 13.8 Å². The van der Waals surface area contributed by atoms with Crippen LogP contribution in [0.3, 0.4) is 0 Å². The van der Waals surface area contributed by atoms with E-state index in [0.29, 0.717) is 6.54 Å². The van der Waals surface area contributed by atoms with Gasteiger partial charge in [-0.25, -0.2) is 0 Å². The lowest BCUT2D eigenvalue weighted by Gasteiger charge is -2.03. The van der Waals surface area contributed by atoms with Crippen LogP contribution >= 0.6 is 0 Å². The molecule has 0 spiro atoms. The zero-order valence-corrected chi connectivity index (χ0v) is 5.27. The van der Waals surface area contributed by atoms with Gasteiger partial charge >= 0.3 is 0 Å². The summed E-state index contributed by atoms with van der Waals surface area (Å²) in [6, 6.07) is 0. The highest BCUT2D eigenvalue weighted by Crippen LogP contribution is 1.79. The molecule has 46 valence electrons. The van der Waals surface area contributed by atoms with E-state index in [2.05, 4.69) is 11.4 Å². The van der Waals surface area contributed by atoms with Crippen molar-refractivity contribution in [3.05, 3.63) is 0 Å². The number of terminal acetylenes is 1. The van der Waals surface area contributed by atoms with Crippen molar-refractivity contribution in [2.45, 2.75) is 20.0 Å². The normalized spacial score (nSPS) is 9.25. The van der Waals surface area contributed by atoms with E-state index in [9.17, 15) is 0 Å². The number of nitrogens with one attached hydrogen (secondary N) is 1. The maximum Gasteiger partial charge on any atom is 0.0818 e. The van der Waals surface area contributed by atoms with Crippen molar-refractivity contribution in [2.75, 3.05) is 6.54 Å². The number of hydroxylamine groups is 1. The van der Waals surface area contributed by atoms with Gasteiger partial charge in [0.25, 0.3) is 0 Å². The van der Waals surface area contributed by atoms with Gasteiger partial charge in [-0.1, -0.05) is 5.92 Å². The monoisotopic (exact) mass is 113 g/mol. The Bertz CT molecular complexity index is 83.0. The Balaban J connectivity index is 2.85. The Morgan fingerprint density at radius 3 is 2.75 bits per heavy atom. The molecule has 0 aliphatic rings. The molecule has 2 nitrogen and oxygen atoms in total. The molecule has 1 N–H and O–H groups in total. The van der Waals surface area contributed by atoms with Gasteiger partial charge in [0.2, 0.25) is 0 Å². The number of hydrogen-bond acceptors (Lipinski definition) is 2. The average Bonchev–Trinajstić information content (AvgIpc) is 1.66. The number of rotatable bonds is 3. The van der Waals surface area contributed by atoms with Crippen molar-refractivity contribution < 1.29 is 4.84 Å². The fourth-order valence-electron chi connectivity index (χ4n) is 0.250. The van der Waals surface area contributed by atoms with Crippen molar-refractivity contribution in [3.63, 3.8) is 0 Å². The first-order valence-electron chi connectivity index (χ1n) is 2.59. The first kappa shape index (κ1) is 7.48. The minimum Gasteiger partial charge on any atom is -0.298 e. The van der Waals surface area contributed by atoms with Gasteiger partial charge in [0.15, 0.2) is 0 Å². The highest BCUT2D eigenvalue weighted by molar-refractivity contribution is 4.84. The Kier molecular flexibility index (Phi) is 4.33. The summed E-state index contributed by atoms with van der Waals surface area (Å²) in [5.74, 6) is 2.39. The van der Waals surface area contributed by atoms with E-state index in [-0.39, 0.29) is 6.10 Å². The summed E-state index contributed by atoms with van der Waals surface area (Å²) in [6.45, 7) is 4.34. The van der Waals surface area contributed by atoms with Gasteiger partial charge in [-0.05, 0) is 13.8 Å². The van der Waals surface area contributed by atoms with Crippen molar-refractivity contribution in [1.29, 1.82) is 0 Å². The summed E-state index contributed by atoms with van der Waals surface area (Å²) >= 11 is 0. The van der Waals surface area contributed by atoms with Gasteiger partial charge in [-0.2, -0.15) is 5.48 Å². The fourth-order valence-corrected chi connectivity index (χ4v) is 0.250. The van der Waals surface area contributed by atoms with Gasteiger partial charge in [-0.3, -0.25) is 4.84 Å². The summed E-state index contributed by atoms with van der Waals surface area (Å²) < 4.78 is 0. The predicted molar refractivity (Wildman–Crippen MR) is 33.1 cm³/mol. The zero-order chi connectivity index (χ0) is 6.41. The first-order chi connectivity index (χ1) is 3.77. The van der Waals surface area contributed by atoms with E-state index < -0.39 is 0 Å². The molecule has 0 aromatic rings. The highest BCUT2D eigenvalue weighted by atomic mass is 16.7. The summed E-state index contributed by atoms with van der Waals surface area (Å²) in [6.07, 6.45) is 5.12. The SMILES string of the molecule is C#CCNOC(C)C. The Morgan fingerprint density at radius 2 is 2.38 bits per heavy atom. The average molecular weight is 113 g/mol. The van der Waals surface area contributed by atoms with E-state index >= 15 is 0 Å².